The predicted octanol–water partition coefficient (Wildman–Crippen LogP) is -8.23. The van der Waals surface area contributed by atoms with Crippen LogP contribution < -0.4 is 37.2 Å². The van der Waals surface area contributed by atoms with Gasteiger partial charge in [0.05, 0.1) is 13.2 Å². The van der Waals surface area contributed by atoms with Gasteiger partial charge < -0.3 is 46.7 Å². The Morgan fingerprint density at radius 2 is 1.18 bits per heavy atom. The summed E-state index contributed by atoms with van der Waals surface area (Å²) in [7, 11) is 0. The number of carbonyl (C=O) groups is 2. The summed E-state index contributed by atoms with van der Waals surface area (Å²) < 4.78 is 9.45. The minimum absolute atomic E-state index is 0. The van der Waals surface area contributed by atoms with E-state index in [1.165, 1.54) is 0 Å². The molecule has 4 nitrogen and oxygen atoms in total. The summed E-state index contributed by atoms with van der Waals surface area (Å²) in [5, 5.41) is 0. The molecule has 104 valence electrons. The van der Waals surface area contributed by atoms with Crippen LogP contribution in [0.2, 0.25) is 0 Å². The van der Waals surface area contributed by atoms with Crippen LogP contribution in [-0.4, -0.2) is 49.1 Å². The molecule has 0 bridgehead atoms. The summed E-state index contributed by atoms with van der Waals surface area (Å²) in [5.74, 6) is -1.76. The van der Waals surface area contributed by atoms with Crippen molar-refractivity contribution in [1.82, 2.24) is 0 Å². The van der Waals surface area contributed by atoms with Crippen LogP contribution in [-0.2, 0) is 19.1 Å². The summed E-state index contributed by atoms with van der Waals surface area (Å²) in [5.41, 5.74) is 0. The van der Waals surface area contributed by atoms with Crippen molar-refractivity contribution in [3.63, 3.8) is 0 Å². The Morgan fingerprint density at radius 3 is 1.35 bits per heavy atom. The van der Waals surface area contributed by atoms with Crippen molar-refractivity contribution in [1.29, 1.82) is 0 Å². The van der Waals surface area contributed by atoms with Gasteiger partial charge in [0.1, 0.15) is 0 Å². The molecule has 4 radical (unpaired) electrons. The number of halogens is 3. The van der Waals surface area contributed by atoms with Gasteiger partial charge in [-0.15, -0.1) is 0 Å². The second-order valence-electron chi connectivity index (χ2n) is 2.46. The van der Waals surface area contributed by atoms with Gasteiger partial charge in [-0.25, -0.2) is 0 Å². The predicted molar refractivity (Wildman–Crippen MR) is 52.8 cm³/mol. The molecule has 0 unspecified atom stereocenters. The van der Waals surface area contributed by atoms with E-state index < -0.39 is 17.9 Å². The third-order valence-electron chi connectivity index (χ3n) is 1.55. The van der Waals surface area contributed by atoms with Crippen LogP contribution in [0.1, 0.15) is 27.2 Å². The van der Waals surface area contributed by atoms with Crippen LogP contribution in [0.5, 0.6) is 0 Å². The maximum Gasteiger partial charge on any atom is 0.320 e. The molecule has 0 heterocycles. The standard InChI is InChI=1S/C9H16O4.3ClH.Sn/c1-4-7(8(10)12-5-2)9(11)13-6-3;;;;/h7H,4-6H2,1-3H3;3*1H;/p-3. The zero-order chi connectivity index (χ0) is 10.3. The Balaban J connectivity index is -0.000000120. The monoisotopic (exact) mass is 413 g/mol. The van der Waals surface area contributed by atoms with Crippen LogP contribution in [0.25, 0.3) is 0 Å². The molecular formula is C9H16Cl3O4Sn-3. The largest absolute Gasteiger partial charge is 1.00 e. The first-order chi connectivity index (χ1) is 6.17. The minimum atomic E-state index is -0.764. The van der Waals surface area contributed by atoms with Crippen LogP contribution in [0.4, 0.5) is 0 Å². The van der Waals surface area contributed by atoms with Gasteiger partial charge in [-0.1, -0.05) is 6.92 Å². The second-order valence-corrected chi connectivity index (χ2v) is 2.46. The van der Waals surface area contributed by atoms with E-state index in [1.807, 2.05) is 0 Å². The summed E-state index contributed by atoms with van der Waals surface area (Å²) >= 11 is 0. The van der Waals surface area contributed by atoms with Crippen molar-refractivity contribution >= 4 is 35.8 Å². The zero-order valence-electron chi connectivity index (χ0n) is 9.97. The second kappa shape index (κ2) is 19.0. The number of esters is 2. The molecule has 0 aliphatic heterocycles. The van der Waals surface area contributed by atoms with Crippen LogP contribution in [0.3, 0.4) is 0 Å². The number of carbonyl (C=O) groups excluding carboxylic acids is 2. The zero-order valence-corrected chi connectivity index (χ0v) is 15.1. The summed E-state index contributed by atoms with van der Waals surface area (Å²) in [6, 6.07) is 0. The quantitative estimate of drug-likeness (QED) is 0.255. The van der Waals surface area contributed by atoms with Crippen molar-refractivity contribution in [3.05, 3.63) is 0 Å². The van der Waals surface area contributed by atoms with Crippen molar-refractivity contribution in [2.45, 2.75) is 27.2 Å². The van der Waals surface area contributed by atoms with Gasteiger partial charge in [-0.3, -0.25) is 9.59 Å². The molecule has 0 amide bonds. The van der Waals surface area contributed by atoms with E-state index in [1.54, 1.807) is 20.8 Å². The molecule has 0 aromatic heterocycles. The number of hydrogen-bond donors (Lipinski definition) is 0. The van der Waals surface area contributed by atoms with E-state index in [0.717, 1.165) is 0 Å². The van der Waals surface area contributed by atoms with E-state index in [0.29, 0.717) is 6.42 Å². The molecule has 0 aromatic carbocycles. The fourth-order valence-corrected chi connectivity index (χ4v) is 0.915. The van der Waals surface area contributed by atoms with Crippen molar-refractivity contribution in [2.24, 2.45) is 5.92 Å². The first-order valence-electron chi connectivity index (χ1n) is 4.50. The Hall–Kier alpha value is 0.609. The number of ether oxygens (including phenoxy) is 2. The molecule has 0 aliphatic rings. The molecule has 0 N–H and O–H groups in total. The Morgan fingerprint density at radius 1 is 0.882 bits per heavy atom. The smallest absolute Gasteiger partial charge is 0.320 e. The van der Waals surface area contributed by atoms with Gasteiger partial charge >= 0.3 is 11.9 Å². The summed E-state index contributed by atoms with van der Waals surface area (Å²) in [6.45, 7) is 5.73. The molecule has 0 rings (SSSR count). The average molecular weight is 413 g/mol. The first-order valence-corrected chi connectivity index (χ1v) is 4.50. The molecule has 0 aromatic rings. The average Bonchev–Trinajstić information content (AvgIpc) is 2.06. The first kappa shape index (κ1) is 30.6. The SMILES string of the molecule is CCOC(=O)C(CC)C(=O)OCC.[Cl-].[Cl-].[Cl-].[Sn]. The number of hydrogen-bond acceptors (Lipinski definition) is 4. The Kier molecular flexibility index (Phi) is 34.1. The molecule has 0 saturated carbocycles. The Bertz CT molecular complexity index is 175. The molecule has 0 aliphatic carbocycles. The molecular weight excluding hydrogens is 397 g/mol. The van der Waals surface area contributed by atoms with Gasteiger partial charge in [-0.2, -0.15) is 0 Å². The fourth-order valence-electron chi connectivity index (χ4n) is 0.915. The summed E-state index contributed by atoms with van der Waals surface area (Å²) in [6.07, 6.45) is 0.414. The van der Waals surface area contributed by atoms with Gasteiger partial charge in [0.2, 0.25) is 0 Å². The third kappa shape index (κ3) is 12.8. The van der Waals surface area contributed by atoms with E-state index in [2.05, 4.69) is 0 Å². The van der Waals surface area contributed by atoms with E-state index >= 15 is 0 Å². The van der Waals surface area contributed by atoms with Crippen LogP contribution in [0, 0.1) is 5.92 Å². The maximum absolute atomic E-state index is 11.2. The van der Waals surface area contributed by atoms with Gasteiger partial charge in [0.15, 0.2) is 5.92 Å². The van der Waals surface area contributed by atoms with Gasteiger partial charge in [0.25, 0.3) is 0 Å². The third-order valence-corrected chi connectivity index (χ3v) is 1.55. The Labute approximate surface area is 138 Å². The molecule has 8 heteroatoms. The van der Waals surface area contributed by atoms with Crippen molar-refractivity contribution in [3.8, 4) is 0 Å². The van der Waals surface area contributed by atoms with Crippen LogP contribution >= 0.6 is 0 Å². The normalized spacial score (nSPS) is 7.53. The van der Waals surface area contributed by atoms with Gasteiger partial charge in [-0.05, 0) is 20.3 Å². The van der Waals surface area contributed by atoms with E-state index in [-0.39, 0.29) is 74.3 Å². The molecule has 0 spiro atoms. The van der Waals surface area contributed by atoms with E-state index in [9.17, 15) is 9.59 Å². The topological polar surface area (TPSA) is 52.6 Å². The van der Waals surface area contributed by atoms with Crippen molar-refractivity contribution < 1.29 is 56.3 Å². The van der Waals surface area contributed by atoms with Gasteiger partial charge in [0, 0.05) is 23.9 Å². The minimum Gasteiger partial charge on any atom is -1.00 e. The number of rotatable bonds is 5. The molecule has 0 atom stereocenters. The maximum atomic E-state index is 11.2. The van der Waals surface area contributed by atoms with E-state index in [4.69, 9.17) is 9.47 Å². The fraction of sp³-hybridized carbons (Fsp3) is 0.778. The molecule has 17 heavy (non-hydrogen) atoms. The van der Waals surface area contributed by atoms with Crippen molar-refractivity contribution in [2.75, 3.05) is 13.2 Å². The molecule has 0 saturated heterocycles. The summed E-state index contributed by atoms with van der Waals surface area (Å²) in [4.78, 5) is 22.3. The van der Waals surface area contributed by atoms with Crippen LogP contribution in [0.15, 0.2) is 0 Å². The molecule has 0 fully saturated rings.